The van der Waals surface area contributed by atoms with E-state index in [0.717, 1.165) is 33.8 Å². The van der Waals surface area contributed by atoms with Crippen molar-refractivity contribution < 1.29 is 4.79 Å². The number of rotatable bonds is 3. The minimum atomic E-state index is -0.183. The number of nitrogens with one attached hydrogen (secondary N) is 1. The monoisotopic (exact) mass is 395 g/mol. The van der Waals surface area contributed by atoms with Gasteiger partial charge in [0.25, 0.3) is 5.91 Å². The van der Waals surface area contributed by atoms with Gasteiger partial charge < -0.3 is 9.72 Å². The molecule has 0 saturated heterocycles. The lowest BCUT2D eigenvalue weighted by molar-refractivity contribution is 0.102. The number of hydrogen-bond donors (Lipinski definition) is 1. The van der Waals surface area contributed by atoms with Crippen molar-refractivity contribution in [1.82, 2.24) is 18.8 Å². The molecule has 0 fully saturated rings. The van der Waals surface area contributed by atoms with E-state index in [4.69, 9.17) is 4.98 Å². The Labute approximate surface area is 173 Å². The highest BCUT2D eigenvalue weighted by molar-refractivity contribution is 6.05. The van der Waals surface area contributed by atoms with E-state index in [1.807, 2.05) is 83.7 Å². The summed E-state index contributed by atoms with van der Waals surface area (Å²) in [7, 11) is 0. The normalized spacial score (nSPS) is 11.3. The minimum Gasteiger partial charge on any atom is -0.320 e. The zero-order valence-corrected chi connectivity index (χ0v) is 17.0. The fourth-order valence-corrected chi connectivity index (χ4v) is 3.71. The first-order valence-electron chi connectivity index (χ1n) is 9.81. The van der Waals surface area contributed by atoms with Gasteiger partial charge in [-0.2, -0.15) is 0 Å². The van der Waals surface area contributed by atoms with Crippen LogP contribution in [-0.2, 0) is 0 Å². The van der Waals surface area contributed by atoms with Crippen LogP contribution in [0.2, 0.25) is 0 Å². The van der Waals surface area contributed by atoms with Crippen LogP contribution in [-0.4, -0.2) is 24.7 Å². The number of carbonyl (C=O) groups excluding carboxylic acids is 1. The van der Waals surface area contributed by atoms with Crippen LogP contribution in [0.5, 0.6) is 0 Å². The number of pyridine rings is 2. The molecule has 5 rings (SSSR count). The van der Waals surface area contributed by atoms with Crippen LogP contribution in [0.25, 0.3) is 22.6 Å². The van der Waals surface area contributed by atoms with Gasteiger partial charge in [0.1, 0.15) is 17.0 Å². The summed E-state index contributed by atoms with van der Waals surface area (Å²) in [5.41, 5.74) is 7.62. The molecule has 5 aromatic rings. The van der Waals surface area contributed by atoms with Gasteiger partial charge in [-0.15, -0.1) is 0 Å². The van der Waals surface area contributed by atoms with Gasteiger partial charge in [0.2, 0.25) is 0 Å². The van der Waals surface area contributed by atoms with Gasteiger partial charge in [0.05, 0.1) is 11.4 Å². The molecule has 0 aliphatic carbocycles. The Morgan fingerprint density at radius 3 is 2.67 bits per heavy atom. The van der Waals surface area contributed by atoms with Gasteiger partial charge in [-0.25, -0.2) is 9.97 Å². The molecule has 6 heteroatoms. The number of anilines is 1. The Morgan fingerprint density at radius 2 is 1.80 bits per heavy atom. The second kappa shape index (κ2) is 6.84. The summed E-state index contributed by atoms with van der Waals surface area (Å²) >= 11 is 0. The standard InChI is InChI=1S/C24H21N5O/c1-15-9-11-28-14-20(26-22(28)12-15)18-8-7-16(2)19(13-18)27-24(30)23-17(3)25-21-6-4-5-10-29(21)23/h4-14H,1-3H3,(H,27,30). The maximum Gasteiger partial charge on any atom is 0.274 e. The molecule has 0 spiro atoms. The second-order valence-corrected chi connectivity index (χ2v) is 7.55. The van der Waals surface area contributed by atoms with E-state index in [1.165, 1.54) is 5.56 Å². The summed E-state index contributed by atoms with van der Waals surface area (Å²) in [6, 6.07) is 15.8. The molecule has 1 amide bonds. The maximum atomic E-state index is 13.1. The maximum absolute atomic E-state index is 13.1. The molecule has 4 heterocycles. The van der Waals surface area contributed by atoms with Crippen molar-refractivity contribution in [1.29, 1.82) is 0 Å². The Morgan fingerprint density at radius 1 is 0.933 bits per heavy atom. The van der Waals surface area contributed by atoms with Gasteiger partial charge in [-0.1, -0.05) is 18.2 Å². The molecule has 0 saturated carbocycles. The molecule has 148 valence electrons. The van der Waals surface area contributed by atoms with Crippen LogP contribution in [0.3, 0.4) is 0 Å². The number of hydrogen-bond acceptors (Lipinski definition) is 3. The molecule has 0 unspecified atom stereocenters. The number of fused-ring (bicyclic) bond motifs is 2. The quantitative estimate of drug-likeness (QED) is 0.476. The summed E-state index contributed by atoms with van der Waals surface area (Å²) in [5, 5.41) is 3.06. The number of aryl methyl sites for hydroxylation is 3. The third-order valence-corrected chi connectivity index (χ3v) is 5.32. The molecular formula is C24H21N5O. The van der Waals surface area contributed by atoms with Crippen LogP contribution >= 0.6 is 0 Å². The molecule has 6 nitrogen and oxygen atoms in total. The van der Waals surface area contributed by atoms with Crippen molar-refractivity contribution in [2.45, 2.75) is 20.8 Å². The van der Waals surface area contributed by atoms with E-state index in [1.54, 1.807) is 0 Å². The lowest BCUT2D eigenvalue weighted by atomic mass is 10.1. The highest BCUT2D eigenvalue weighted by Crippen LogP contribution is 2.26. The molecule has 0 aliphatic rings. The number of carbonyl (C=O) groups is 1. The van der Waals surface area contributed by atoms with Crippen LogP contribution in [0.1, 0.15) is 27.3 Å². The van der Waals surface area contributed by atoms with Crippen LogP contribution in [0.4, 0.5) is 5.69 Å². The summed E-state index contributed by atoms with van der Waals surface area (Å²) in [6.07, 6.45) is 5.86. The predicted octanol–water partition coefficient (Wildman–Crippen LogP) is 4.83. The number of benzene rings is 1. The Balaban J connectivity index is 1.51. The second-order valence-electron chi connectivity index (χ2n) is 7.55. The molecule has 0 radical (unpaired) electrons. The van der Waals surface area contributed by atoms with Crippen molar-refractivity contribution in [2.24, 2.45) is 0 Å². The van der Waals surface area contributed by atoms with Crippen LogP contribution < -0.4 is 5.32 Å². The molecular weight excluding hydrogens is 374 g/mol. The smallest absolute Gasteiger partial charge is 0.274 e. The fraction of sp³-hybridized carbons (Fsp3) is 0.125. The van der Waals surface area contributed by atoms with Crippen molar-refractivity contribution >= 4 is 22.9 Å². The number of aromatic nitrogens is 4. The van der Waals surface area contributed by atoms with E-state index in [0.29, 0.717) is 11.4 Å². The third-order valence-electron chi connectivity index (χ3n) is 5.32. The van der Waals surface area contributed by atoms with E-state index in [-0.39, 0.29) is 5.91 Å². The molecule has 0 atom stereocenters. The predicted molar refractivity (Wildman–Crippen MR) is 118 cm³/mol. The first-order valence-corrected chi connectivity index (χ1v) is 9.81. The fourth-order valence-electron chi connectivity index (χ4n) is 3.71. The Hall–Kier alpha value is -3.93. The van der Waals surface area contributed by atoms with Gasteiger partial charge in [0, 0.05) is 29.8 Å². The van der Waals surface area contributed by atoms with Crippen molar-refractivity contribution in [2.75, 3.05) is 5.32 Å². The molecule has 0 bridgehead atoms. The molecule has 1 N–H and O–H groups in total. The van der Waals surface area contributed by atoms with E-state index < -0.39 is 0 Å². The first-order chi connectivity index (χ1) is 14.5. The topological polar surface area (TPSA) is 63.7 Å². The average molecular weight is 395 g/mol. The third kappa shape index (κ3) is 3.03. The largest absolute Gasteiger partial charge is 0.320 e. The summed E-state index contributed by atoms with van der Waals surface area (Å²) < 4.78 is 3.82. The van der Waals surface area contributed by atoms with Crippen molar-refractivity contribution in [3.05, 3.63) is 89.6 Å². The lowest BCUT2D eigenvalue weighted by Crippen LogP contribution is -2.16. The average Bonchev–Trinajstić information content (AvgIpc) is 3.29. The molecule has 4 aromatic heterocycles. The van der Waals surface area contributed by atoms with Crippen molar-refractivity contribution in [3.8, 4) is 11.3 Å². The highest BCUT2D eigenvalue weighted by Gasteiger charge is 2.17. The van der Waals surface area contributed by atoms with Crippen LogP contribution in [0, 0.1) is 20.8 Å². The van der Waals surface area contributed by atoms with Gasteiger partial charge in [-0.3, -0.25) is 9.20 Å². The van der Waals surface area contributed by atoms with Gasteiger partial charge in [-0.05, 0) is 62.2 Å². The highest BCUT2D eigenvalue weighted by atomic mass is 16.2. The minimum absolute atomic E-state index is 0.183. The Kier molecular flexibility index (Phi) is 4.13. The Bertz CT molecular complexity index is 1430. The van der Waals surface area contributed by atoms with Gasteiger partial charge >= 0.3 is 0 Å². The number of imidazole rings is 2. The zero-order chi connectivity index (χ0) is 20.8. The van der Waals surface area contributed by atoms with Gasteiger partial charge in [0.15, 0.2) is 0 Å². The summed E-state index contributed by atoms with van der Waals surface area (Å²) in [6.45, 7) is 5.88. The SMILES string of the molecule is Cc1ccn2cc(-c3ccc(C)c(NC(=O)c4c(C)nc5ccccn45)c3)nc2c1. The lowest BCUT2D eigenvalue weighted by Gasteiger charge is -2.10. The number of nitrogens with zero attached hydrogens (tertiary/aromatic N) is 4. The first kappa shape index (κ1) is 18.1. The summed E-state index contributed by atoms with van der Waals surface area (Å²) in [4.78, 5) is 22.3. The van der Waals surface area contributed by atoms with E-state index in [2.05, 4.69) is 23.3 Å². The molecule has 0 aliphatic heterocycles. The van der Waals surface area contributed by atoms with Crippen LogP contribution in [0.15, 0.2) is 67.1 Å². The molecule has 30 heavy (non-hydrogen) atoms. The summed E-state index contributed by atoms with van der Waals surface area (Å²) in [5.74, 6) is -0.183. The number of amides is 1. The van der Waals surface area contributed by atoms with E-state index in [9.17, 15) is 4.79 Å². The van der Waals surface area contributed by atoms with Crippen molar-refractivity contribution in [3.63, 3.8) is 0 Å². The zero-order valence-electron chi connectivity index (χ0n) is 17.0. The molecule has 1 aromatic carbocycles. The van der Waals surface area contributed by atoms with E-state index >= 15 is 0 Å².